The van der Waals surface area contributed by atoms with Gasteiger partial charge in [0.2, 0.25) is 0 Å². The molecule has 1 aliphatic heterocycles. The van der Waals surface area contributed by atoms with Crippen LogP contribution in [0.4, 0.5) is 0 Å². The minimum Gasteiger partial charge on any atom is -0.466 e. The van der Waals surface area contributed by atoms with Crippen LogP contribution in [-0.4, -0.2) is 50.3 Å². The van der Waals surface area contributed by atoms with E-state index in [1.165, 1.54) is 0 Å². The van der Waals surface area contributed by atoms with Crippen molar-refractivity contribution in [1.82, 2.24) is 4.90 Å². The second kappa shape index (κ2) is 6.80. The second-order valence-corrected chi connectivity index (χ2v) is 3.83. The number of esters is 1. The molecule has 1 rings (SSSR count). The average Bonchev–Trinajstić information content (AvgIpc) is 2.27. The first-order valence-corrected chi connectivity index (χ1v) is 5.67. The van der Waals surface area contributed by atoms with Crippen molar-refractivity contribution in [2.75, 3.05) is 33.4 Å². The van der Waals surface area contributed by atoms with Crippen molar-refractivity contribution in [1.29, 1.82) is 0 Å². The largest absolute Gasteiger partial charge is 0.466 e. The molecule has 0 amide bonds. The molecule has 0 unspecified atom stereocenters. The number of hydrogen-bond donors (Lipinski definition) is 0. The first-order chi connectivity index (χ1) is 7.26. The van der Waals surface area contributed by atoms with Gasteiger partial charge in [0.05, 0.1) is 19.1 Å². The molecule has 1 aliphatic rings. The van der Waals surface area contributed by atoms with E-state index in [4.69, 9.17) is 9.47 Å². The maximum Gasteiger partial charge on any atom is 0.307 e. The van der Waals surface area contributed by atoms with Crippen molar-refractivity contribution >= 4 is 5.97 Å². The lowest BCUT2D eigenvalue weighted by atomic mass is 10.1. The van der Waals surface area contributed by atoms with Crippen LogP contribution < -0.4 is 0 Å². The van der Waals surface area contributed by atoms with E-state index in [0.29, 0.717) is 19.1 Å². The third kappa shape index (κ3) is 4.62. The number of rotatable bonds is 5. The van der Waals surface area contributed by atoms with Crippen LogP contribution in [-0.2, 0) is 14.3 Å². The highest BCUT2D eigenvalue weighted by Gasteiger charge is 2.18. The zero-order chi connectivity index (χ0) is 11.1. The number of piperidine rings is 1. The quantitative estimate of drug-likeness (QED) is 0.643. The molecule has 0 N–H and O–H groups in total. The fraction of sp³-hybridized carbons (Fsp3) is 0.909. The molecule has 4 nitrogen and oxygen atoms in total. The van der Waals surface area contributed by atoms with Crippen molar-refractivity contribution in [3.8, 4) is 0 Å². The molecular formula is C11H21NO3. The molecule has 4 heteroatoms. The summed E-state index contributed by atoms with van der Waals surface area (Å²) >= 11 is 0. The van der Waals surface area contributed by atoms with Gasteiger partial charge in [-0.05, 0) is 19.8 Å². The Labute approximate surface area is 91.5 Å². The van der Waals surface area contributed by atoms with Crippen molar-refractivity contribution in [2.45, 2.75) is 32.3 Å². The highest BCUT2D eigenvalue weighted by Crippen LogP contribution is 2.12. The van der Waals surface area contributed by atoms with Crippen LogP contribution in [0.5, 0.6) is 0 Å². The van der Waals surface area contributed by atoms with E-state index >= 15 is 0 Å². The van der Waals surface area contributed by atoms with Gasteiger partial charge in [-0.15, -0.1) is 0 Å². The Kier molecular flexibility index (Phi) is 5.65. The Morgan fingerprint density at radius 1 is 1.40 bits per heavy atom. The third-order valence-electron chi connectivity index (χ3n) is 2.81. The van der Waals surface area contributed by atoms with Gasteiger partial charge in [-0.2, -0.15) is 0 Å². The summed E-state index contributed by atoms with van der Waals surface area (Å²) in [6.45, 7) is 5.18. The summed E-state index contributed by atoms with van der Waals surface area (Å²) in [4.78, 5) is 13.4. The minimum atomic E-state index is -0.0913. The summed E-state index contributed by atoms with van der Waals surface area (Å²) in [7, 11) is 1.76. The van der Waals surface area contributed by atoms with E-state index in [0.717, 1.165) is 32.5 Å². The van der Waals surface area contributed by atoms with Crippen molar-refractivity contribution in [2.24, 2.45) is 0 Å². The molecule has 1 heterocycles. The van der Waals surface area contributed by atoms with Gasteiger partial charge in [-0.3, -0.25) is 4.79 Å². The summed E-state index contributed by atoms with van der Waals surface area (Å²) in [6, 6.07) is 0. The molecule has 0 aromatic rings. The van der Waals surface area contributed by atoms with Gasteiger partial charge >= 0.3 is 5.97 Å². The van der Waals surface area contributed by atoms with Crippen LogP contribution in [0.2, 0.25) is 0 Å². The van der Waals surface area contributed by atoms with Crippen molar-refractivity contribution in [3.05, 3.63) is 0 Å². The van der Waals surface area contributed by atoms with Crippen LogP contribution in [0.15, 0.2) is 0 Å². The van der Waals surface area contributed by atoms with E-state index < -0.39 is 0 Å². The van der Waals surface area contributed by atoms with Crippen LogP contribution in [0.3, 0.4) is 0 Å². The predicted molar refractivity (Wildman–Crippen MR) is 57.7 cm³/mol. The van der Waals surface area contributed by atoms with Gasteiger partial charge in [-0.1, -0.05) is 0 Å². The Balaban J connectivity index is 2.10. The lowest BCUT2D eigenvalue weighted by Crippen LogP contribution is -2.37. The number of hydrogen-bond acceptors (Lipinski definition) is 4. The van der Waals surface area contributed by atoms with Gasteiger partial charge in [0, 0.05) is 26.7 Å². The highest BCUT2D eigenvalue weighted by molar-refractivity contribution is 5.69. The fourth-order valence-corrected chi connectivity index (χ4v) is 1.85. The molecule has 0 atom stereocenters. The molecule has 0 aromatic carbocycles. The Hall–Kier alpha value is -0.610. The third-order valence-corrected chi connectivity index (χ3v) is 2.81. The molecule has 0 spiro atoms. The molecular weight excluding hydrogens is 194 g/mol. The number of carbonyl (C=O) groups is 1. The van der Waals surface area contributed by atoms with E-state index in [1.54, 1.807) is 7.11 Å². The Morgan fingerprint density at radius 2 is 2.07 bits per heavy atom. The Morgan fingerprint density at radius 3 is 2.60 bits per heavy atom. The van der Waals surface area contributed by atoms with Gasteiger partial charge in [-0.25, -0.2) is 0 Å². The van der Waals surface area contributed by atoms with E-state index in [1.807, 2.05) is 6.92 Å². The normalized spacial score (nSPS) is 19.1. The summed E-state index contributed by atoms with van der Waals surface area (Å²) < 4.78 is 10.2. The SMILES string of the molecule is CCOC(=O)CCN1CCC(OC)CC1. The molecule has 1 saturated heterocycles. The standard InChI is InChI=1S/C11H21NO3/c1-3-15-11(13)6-9-12-7-4-10(14-2)5-8-12/h10H,3-9H2,1-2H3. The number of methoxy groups -OCH3 is 1. The fourth-order valence-electron chi connectivity index (χ4n) is 1.85. The van der Waals surface area contributed by atoms with Crippen LogP contribution in [0.1, 0.15) is 26.2 Å². The van der Waals surface area contributed by atoms with Crippen LogP contribution in [0, 0.1) is 0 Å². The lowest BCUT2D eigenvalue weighted by molar-refractivity contribution is -0.143. The molecule has 0 aliphatic carbocycles. The maximum atomic E-state index is 11.1. The molecule has 15 heavy (non-hydrogen) atoms. The first kappa shape index (κ1) is 12.5. The monoisotopic (exact) mass is 215 g/mol. The Bertz CT molecular complexity index is 188. The van der Waals surface area contributed by atoms with Crippen molar-refractivity contribution < 1.29 is 14.3 Å². The van der Waals surface area contributed by atoms with Crippen LogP contribution in [0.25, 0.3) is 0 Å². The van der Waals surface area contributed by atoms with Crippen molar-refractivity contribution in [3.63, 3.8) is 0 Å². The van der Waals surface area contributed by atoms with E-state index in [-0.39, 0.29) is 5.97 Å². The van der Waals surface area contributed by atoms with Crippen LogP contribution >= 0.6 is 0 Å². The summed E-state index contributed by atoms with van der Waals surface area (Å²) in [5.41, 5.74) is 0. The van der Waals surface area contributed by atoms with Gasteiger partial charge in [0.25, 0.3) is 0 Å². The van der Waals surface area contributed by atoms with Gasteiger partial charge in [0.15, 0.2) is 0 Å². The number of carbonyl (C=O) groups excluding carboxylic acids is 1. The highest BCUT2D eigenvalue weighted by atomic mass is 16.5. The first-order valence-electron chi connectivity index (χ1n) is 5.67. The van der Waals surface area contributed by atoms with E-state index in [9.17, 15) is 4.79 Å². The zero-order valence-corrected chi connectivity index (χ0v) is 9.70. The zero-order valence-electron chi connectivity index (χ0n) is 9.70. The molecule has 1 fully saturated rings. The van der Waals surface area contributed by atoms with Gasteiger partial charge in [0.1, 0.15) is 0 Å². The number of ether oxygens (including phenoxy) is 2. The molecule has 0 saturated carbocycles. The van der Waals surface area contributed by atoms with Gasteiger partial charge < -0.3 is 14.4 Å². The lowest BCUT2D eigenvalue weighted by Gasteiger charge is -2.30. The second-order valence-electron chi connectivity index (χ2n) is 3.83. The minimum absolute atomic E-state index is 0.0913. The summed E-state index contributed by atoms with van der Waals surface area (Å²) in [5, 5.41) is 0. The molecule has 0 aromatic heterocycles. The van der Waals surface area contributed by atoms with E-state index in [2.05, 4.69) is 4.90 Å². The molecule has 0 bridgehead atoms. The summed E-state index contributed by atoms with van der Waals surface area (Å²) in [6.07, 6.45) is 3.05. The summed E-state index contributed by atoms with van der Waals surface area (Å²) in [5.74, 6) is -0.0913. The molecule has 0 radical (unpaired) electrons. The number of likely N-dealkylation sites (tertiary alicyclic amines) is 1. The smallest absolute Gasteiger partial charge is 0.307 e. The molecule has 88 valence electrons. The average molecular weight is 215 g/mol. The maximum absolute atomic E-state index is 11.1. The topological polar surface area (TPSA) is 38.8 Å². The number of nitrogens with zero attached hydrogens (tertiary/aromatic N) is 1. The predicted octanol–water partition coefficient (Wildman–Crippen LogP) is 1.05.